The first-order valence-corrected chi connectivity index (χ1v) is 11.5. The number of hydrogen-bond donors (Lipinski definition) is 2. The van der Waals surface area contributed by atoms with Gasteiger partial charge in [-0.2, -0.15) is 0 Å². The number of imide groups is 2. The van der Waals surface area contributed by atoms with Crippen LogP contribution >= 0.6 is 12.4 Å². The third kappa shape index (κ3) is 6.27. The molecule has 3 heterocycles. The van der Waals surface area contributed by atoms with Gasteiger partial charge in [0, 0.05) is 44.1 Å². The molecule has 3 aliphatic rings. The van der Waals surface area contributed by atoms with E-state index in [0.29, 0.717) is 57.9 Å². The molecule has 0 radical (unpaired) electrons. The second kappa shape index (κ2) is 12.1. The number of nitrogens with zero attached hydrogens (tertiary/aromatic N) is 1. The molecule has 1 aromatic rings. The van der Waals surface area contributed by atoms with Gasteiger partial charge in [-0.15, -0.1) is 12.4 Å². The second-order valence-corrected chi connectivity index (χ2v) is 8.79. The fraction of sp³-hybridized carbons (Fsp3) is 0.609. The fourth-order valence-corrected chi connectivity index (χ4v) is 4.53. The smallest absolute Gasteiger partial charge is 0.331 e. The van der Waals surface area contributed by atoms with Crippen molar-refractivity contribution < 1.29 is 37.4 Å². The van der Waals surface area contributed by atoms with Gasteiger partial charge >= 0.3 is 6.03 Å². The van der Waals surface area contributed by atoms with Crippen molar-refractivity contribution in [2.24, 2.45) is 11.7 Å². The number of halogens is 3. The molecule has 0 saturated carbocycles. The van der Waals surface area contributed by atoms with Crippen LogP contribution in [0.25, 0.3) is 0 Å². The Morgan fingerprint density at radius 1 is 1.09 bits per heavy atom. The predicted molar refractivity (Wildman–Crippen MR) is 122 cm³/mol. The van der Waals surface area contributed by atoms with Crippen molar-refractivity contribution in [1.29, 1.82) is 0 Å². The van der Waals surface area contributed by atoms with Crippen LogP contribution in [0.15, 0.2) is 18.2 Å². The predicted octanol–water partition coefficient (Wildman–Crippen LogP) is 2.41. The number of carbonyl (C=O) groups is 3. The SMILES string of the molecule is Cl.N[C@@H](c1cc(OC2CCOCC2)ccc1F)[C@@H](F)CC1C(=O)NC(=O)N(C2CCOCC2)C1=O. The van der Waals surface area contributed by atoms with Crippen LogP contribution in [0.1, 0.15) is 43.7 Å². The van der Waals surface area contributed by atoms with Crippen molar-refractivity contribution in [1.82, 2.24) is 10.2 Å². The zero-order chi connectivity index (χ0) is 24.2. The largest absolute Gasteiger partial charge is 0.490 e. The molecular weight excluding hydrogens is 488 g/mol. The van der Waals surface area contributed by atoms with Gasteiger partial charge in [0.1, 0.15) is 29.8 Å². The molecule has 1 aromatic carbocycles. The lowest BCUT2D eigenvalue weighted by atomic mass is 9.91. The lowest BCUT2D eigenvalue weighted by Crippen LogP contribution is -2.62. The minimum atomic E-state index is -1.92. The lowest BCUT2D eigenvalue weighted by molar-refractivity contribution is -0.146. The molecule has 12 heteroatoms. The van der Waals surface area contributed by atoms with E-state index in [1.807, 2.05) is 0 Å². The number of nitrogens with one attached hydrogen (secondary N) is 1. The molecule has 3 saturated heterocycles. The molecule has 194 valence electrons. The highest BCUT2D eigenvalue weighted by atomic mass is 35.5. The molecule has 35 heavy (non-hydrogen) atoms. The van der Waals surface area contributed by atoms with Crippen molar-refractivity contribution in [2.45, 2.75) is 56.5 Å². The van der Waals surface area contributed by atoms with E-state index in [1.165, 1.54) is 12.1 Å². The first kappa shape index (κ1) is 27.3. The summed E-state index contributed by atoms with van der Waals surface area (Å²) in [7, 11) is 0. The van der Waals surface area contributed by atoms with Crippen LogP contribution in [-0.4, -0.2) is 67.5 Å². The molecule has 0 aliphatic carbocycles. The Morgan fingerprint density at radius 3 is 2.37 bits per heavy atom. The summed E-state index contributed by atoms with van der Waals surface area (Å²) in [4.78, 5) is 38.6. The van der Waals surface area contributed by atoms with Gasteiger partial charge < -0.3 is 19.9 Å². The van der Waals surface area contributed by atoms with E-state index in [9.17, 15) is 18.8 Å². The van der Waals surface area contributed by atoms with Gasteiger partial charge in [-0.05, 0) is 31.0 Å². The number of carbonyl (C=O) groups excluding carboxylic acids is 3. The van der Waals surface area contributed by atoms with Gasteiger partial charge in [0.25, 0.3) is 0 Å². The van der Waals surface area contributed by atoms with E-state index in [4.69, 9.17) is 19.9 Å². The molecular formula is C23H30ClF2N3O6. The summed E-state index contributed by atoms with van der Waals surface area (Å²) in [5.74, 6) is -3.45. The van der Waals surface area contributed by atoms with E-state index in [-0.39, 0.29) is 24.1 Å². The van der Waals surface area contributed by atoms with E-state index in [2.05, 4.69) is 5.32 Å². The van der Waals surface area contributed by atoms with Crippen LogP contribution in [0.4, 0.5) is 13.6 Å². The van der Waals surface area contributed by atoms with Gasteiger partial charge in [-0.3, -0.25) is 19.8 Å². The average molecular weight is 518 g/mol. The van der Waals surface area contributed by atoms with Crippen molar-refractivity contribution >= 4 is 30.3 Å². The highest BCUT2D eigenvalue weighted by Crippen LogP contribution is 2.31. The molecule has 3 aliphatic heterocycles. The molecule has 0 bridgehead atoms. The lowest BCUT2D eigenvalue weighted by Gasteiger charge is -2.37. The topological polar surface area (TPSA) is 120 Å². The molecule has 1 unspecified atom stereocenters. The fourth-order valence-electron chi connectivity index (χ4n) is 4.53. The Morgan fingerprint density at radius 2 is 1.71 bits per heavy atom. The monoisotopic (exact) mass is 517 g/mol. The summed E-state index contributed by atoms with van der Waals surface area (Å²) >= 11 is 0. The summed E-state index contributed by atoms with van der Waals surface area (Å²) in [5, 5.41) is 2.13. The van der Waals surface area contributed by atoms with Crippen LogP contribution in [-0.2, 0) is 19.1 Å². The van der Waals surface area contributed by atoms with Gasteiger partial charge in [0.15, 0.2) is 0 Å². The van der Waals surface area contributed by atoms with Gasteiger partial charge in [0.05, 0.1) is 19.3 Å². The van der Waals surface area contributed by atoms with Gasteiger partial charge in [-0.1, -0.05) is 0 Å². The minimum absolute atomic E-state index is 0. The second-order valence-electron chi connectivity index (χ2n) is 8.79. The maximum atomic E-state index is 15.2. The molecule has 3 N–H and O–H groups in total. The molecule has 3 atom stereocenters. The van der Waals surface area contributed by atoms with E-state index < -0.39 is 54.3 Å². The van der Waals surface area contributed by atoms with Crippen molar-refractivity contribution in [3.8, 4) is 5.75 Å². The van der Waals surface area contributed by atoms with Crippen molar-refractivity contribution in [3.05, 3.63) is 29.6 Å². The summed E-state index contributed by atoms with van der Waals surface area (Å²) < 4.78 is 46.2. The maximum absolute atomic E-state index is 15.2. The molecule has 9 nitrogen and oxygen atoms in total. The molecule has 4 amide bonds. The Kier molecular flexibility index (Phi) is 9.40. The summed E-state index contributed by atoms with van der Waals surface area (Å²) in [6.45, 7) is 1.89. The Balaban J connectivity index is 0.00000342. The third-order valence-electron chi connectivity index (χ3n) is 6.51. The van der Waals surface area contributed by atoms with Crippen molar-refractivity contribution in [2.75, 3.05) is 26.4 Å². The standard InChI is InChI=1S/C23H29F2N3O6.ClH/c24-18-2-1-15(34-14-5-9-33-10-6-14)11-16(18)20(26)19(25)12-17-21(29)27-23(31)28(22(17)30)13-3-7-32-8-4-13;/h1-2,11,13-14,17,19-20H,3-10,12,26H2,(H,27,29,31);1H/t17?,19-,20-;/m0./s1. The Hall–Kier alpha value is -2.34. The number of amides is 4. The summed E-state index contributed by atoms with van der Waals surface area (Å²) in [5.41, 5.74) is 5.91. The summed E-state index contributed by atoms with van der Waals surface area (Å²) in [6, 6.07) is 1.27. The number of ether oxygens (including phenoxy) is 3. The average Bonchev–Trinajstić information content (AvgIpc) is 2.83. The number of alkyl halides is 1. The quantitative estimate of drug-likeness (QED) is 0.533. The maximum Gasteiger partial charge on any atom is 0.331 e. The highest BCUT2D eigenvalue weighted by Gasteiger charge is 2.45. The van der Waals surface area contributed by atoms with Crippen molar-refractivity contribution in [3.63, 3.8) is 0 Å². The van der Waals surface area contributed by atoms with Crippen LogP contribution in [0, 0.1) is 11.7 Å². The molecule has 0 spiro atoms. The zero-order valence-corrected chi connectivity index (χ0v) is 19.9. The summed E-state index contributed by atoms with van der Waals surface area (Å²) in [6.07, 6.45) is -0.354. The number of barbiturate groups is 1. The van der Waals surface area contributed by atoms with Crippen LogP contribution in [0.3, 0.4) is 0 Å². The normalized spacial score (nSPS) is 23.9. The zero-order valence-electron chi connectivity index (χ0n) is 19.1. The Bertz CT molecular complexity index is 927. The number of urea groups is 1. The van der Waals surface area contributed by atoms with E-state index in [1.54, 1.807) is 0 Å². The molecule has 0 aromatic heterocycles. The van der Waals surface area contributed by atoms with Gasteiger partial charge in [0.2, 0.25) is 11.8 Å². The number of benzene rings is 1. The van der Waals surface area contributed by atoms with Crippen LogP contribution < -0.4 is 15.8 Å². The molecule has 3 fully saturated rings. The highest BCUT2D eigenvalue weighted by molar-refractivity contribution is 6.16. The number of hydrogen-bond acceptors (Lipinski definition) is 7. The van der Waals surface area contributed by atoms with Gasteiger partial charge in [-0.25, -0.2) is 13.6 Å². The first-order valence-electron chi connectivity index (χ1n) is 11.5. The van der Waals surface area contributed by atoms with E-state index in [0.717, 1.165) is 11.0 Å². The van der Waals surface area contributed by atoms with Crippen LogP contribution in [0.5, 0.6) is 5.75 Å². The number of nitrogens with two attached hydrogens (primary N) is 1. The Labute approximate surface area is 208 Å². The first-order chi connectivity index (χ1) is 16.3. The third-order valence-corrected chi connectivity index (χ3v) is 6.51. The van der Waals surface area contributed by atoms with Crippen LogP contribution in [0.2, 0.25) is 0 Å². The minimum Gasteiger partial charge on any atom is -0.490 e. The molecule has 4 rings (SSSR count). The number of rotatable bonds is 7. The van der Waals surface area contributed by atoms with E-state index >= 15 is 4.39 Å².